The molecule has 1 fully saturated rings. The zero-order valence-electron chi connectivity index (χ0n) is 19.8. The van der Waals surface area contributed by atoms with E-state index in [9.17, 15) is 34.8 Å². The van der Waals surface area contributed by atoms with Crippen LogP contribution in [0.25, 0.3) is 5.76 Å². The Kier molecular flexibility index (Phi) is 5.99. The van der Waals surface area contributed by atoms with E-state index in [1.807, 2.05) is 6.92 Å². The fourth-order valence-electron chi connectivity index (χ4n) is 5.64. The van der Waals surface area contributed by atoms with Crippen molar-refractivity contribution in [2.24, 2.45) is 17.6 Å². The number of likely N-dealkylation sites (N-methyl/N-ethyl adjacent to an activating group) is 1. The zero-order chi connectivity index (χ0) is 25.8. The van der Waals surface area contributed by atoms with Crippen molar-refractivity contribution >= 4 is 23.2 Å². The second-order valence-corrected chi connectivity index (χ2v) is 9.50. The molecule has 9 heteroatoms. The van der Waals surface area contributed by atoms with Crippen molar-refractivity contribution in [3.63, 3.8) is 0 Å². The zero-order valence-corrected chi connectivity index (χ0v) is 19.8. The fourth-order valence-corrected chi connectivity index (χ4v) is 5.64. The van der Waals surface area contributed by atoms with Gasteiger partial charge in [0.05, 0.1) is 11.6 Å². The SMILES string of the molecule is CCCC#Cc1ccc(O)c2c1C[C@H]1CC3[C@H](N(C)C)C(=O)C(C(N)=O)=C(O)[C@@]3(O)C(=O)C1=C2O. The lowest BCUT2D eigenvalue weighted by atomic mass is 9.57. The van der Waals surface area contributed by atoms with Gasteiger partial charge in [-0.15, -0.1) is 0 Å². The van der Waals surface area contributed by atoms with E-state index in [2.05, 4.69) is 11.8 Å². The van der Waals surface area contributed by atoms with Gasteiger partial charge in [-0.3, -0.25) is 19.3 Å². The Morgan fingerprint density at radius 3 is 2.51 bits per heavy atom. The van der Waals surface area contributed by atoms with E-state index in [1.54, 1.807) is 20.2 Å². The fraction of sp³-hybridized carbons (Fsp3) is 0.423. The van der Waals surface area contributed by atoms with Gasteiger partial charge in [0.25, 0.3) is 5.91 Å². The molecule has 1 aromatic rings. The van der Waals surface area contributed by atoms with Crippen molar-refractivity contribution in [2.45, 2.75) is 44.2 Å². The largest absolute Gasteiger partial charge is 0.508 e. The number of carbonyl (C=O) groups is 3. The van der Waals surface area contributed by atoms with Gasteiger partial charge in [0.2, 0.25) is 5.78 Å². The highest BCUT2D eigenvalue weighted by Gasteiger charge is 2.64. The topological polar surface area (TPSA) is 161 Å². The maximum atomic E-state index is 13.7. The molecule has 4 rings (SSSR count). The number of primary amides is 1. The van der Waals surface area contributed by atoms with Crippen molar-refractivity contribution in [3.05, 3.63) is 45.7 Å². The summed E-state index contributed by atoms with van der Waals surface area (Å²) < 4.78 is 0. The summed E-state index contributed by atoms with van der Waals surface area (Å²) in [5.41, 5.74) is 2.89. The van der Waals surface area contributed by atoms with Crippen molar-refractivity contribution in [3.8, 4) is 17.6 Å². The summed E-state index contributed by atoms with van der Waals surface area (Å²) in [5.74, 6) is -0.556. The number of unbranched alkanes of at least 4 members (excludes halogenated alkanes) is 1. The van der Waals surface area contributed by atoms with Crippen LogP contribution in [0.1, 0.15) is 42.9 Å². The molecule has 6 N–H and O–H groups in total. The predicted octanol–water partition coefficient (Wildman–Crippen LogP) is 1.12. The number of phenols is 1. The molecule has 35 heavy (non-hydrogen) atoms. The molecule has 1 amide bonds. The number of aliphatic hydroxyl groups excluding tert-OH is 2. The second kappa shape index (κ2) is 8.56. The van der Waals surface area contributed by atoms with Gasteiger partial charge in [0.15, 0.2) is 11.4 Å². The monoisotopic (exact) mass is 480 g/mol. The number of phenolic OH excluding ortho intramolecular Hbond substituents is 1. The van der Waals surface area contributed by atoms with Gasteiger partial charge in [-0.1, -0.05) is 18.8 Å². The number of nitrogens with two attached hydrogens (primary N) is 1. The van der Waals surface area contributed by atoms with Crippen LogP contribution in [0.5, 0.6) is 5.75 Å². The van der Waals surface area contributed by atoms with E-state index in [4.69, 9.17) is 5.73 Å². The summed E-state index contributed by atoms with van der Waals surface area (Å²) in [6.45, 7) is 2.00. The minimum atomic E-state index is -2.64. The summed E-state index contributed by atoms with van der Waals surface area (Å²) >= 11 is 0. The molecule has 1 unspecified atom stereocenters. The van der Waals surface area contributed by atoms with Crippen LogP contribution in [0.3, 0.4) is 0 Å². The number of hydrogen-bond donors (Lipinski definition) is 5. The molecule has 0 aromatic heterocycles. The Balaban J connectivity index is 1.95. The normalized spacial score (nSPS) is 27.7. The minimum Gasteiger partial charge on any atom is -0.508 e. The number of hydrogen-bond acceptors (Lipinski definition) is 8. The first-order chi connectivity index (χ1) is 16.5. The number of aliphatic hydroxyl groups is 3. The van der Waals surface area contributed by atoms with Crippen LogP contribution in [0.4, 0.5) is 0 Å². The molecule has 0 heterocycles. The number of amides is 1. The number of rotatable bonds is 3. The Morgan fingerprint density at radius 1 is 1.23 bits per heavy atom. The number of ketones is 2. The van der Waals surface area contributed by atoms with E-state index < -0.39 is 58.0 Å². The van der Waals surface area contributed by atoms with Gasteiger partial charge in [0.1, 0.15) is 22.8 Å². The maximum Gasteiger partial charge on any atom is 0.255 e. The van der Waals surface area contributed by atoms with Gasteiger partial charge in [0, 0.05) is 23.5 Å². The van der Waals surface area contributed by atoms with E-state index in [0.717, 1.165) is 6.42 Å². The molecule has 184 valence electrons. The van der Waals surface area contributed by atoms with Gasteiger partial charge < -0.3 is 26.2 Å². The summed E-state index contributed by atoms with van der Waals surface area (Å²) in [4.78, 5) is 40.3. The van der Waals surface area contributed by atoms with Crippen LogP contribution in [0.15, 0.2) is 29.0 Å². The second-order valence-electron chi connectivity index (χ2n) is 9.50. The number of carbonyl (C=O) groups excluding carboxylic acids is 3. The Labute approximate surface area is 202 Å². The van der Waals surface area contributed by atoms with Crippen molar-refractivity contribution in [1.29, 1.82) is 0 Å². The summed E-state index contributed by atoms with van der Waals surface area (Å²) in [6.07, 6.45) is 1.80. The highest BCUT2D eigenvalue weighted by atomic mass is 16.3. The van der Waals surface area contributed by atoms with E-state index in [1.165, 1.54) is 11.0 Å². The molecule has 0 saturated heterocycles. The van der Waals surface area contributed by atoms with E-state index in [-0.39, 0.29) is 29.7 Å². The molecular formula is C26H28N2O7. The molecule has 0 radical (unpaired) electrons. The molecule has 1 aromatic carbocycles. The Hall–Kier alpha value is -3.61. The number of fused-ring (bicyclic) bond motifs is 3. The molecule has 3 aliphatic rings. The average molecular weight is 481 g/mol. The average Bonchev–Trinajstić information content (AvgIpc) is 2.77. The highest BCUT2D eigenvalue weighted by Crippen LogP contribution is 2.52. The minimum absolute atomic E-state index is 0.0449. The Morgan fingerprint density at radius 2 is 1.91 bits per heavy atom. The van der Waals surface area contributed by atoms with Gasteiger partial charge in [-0.05, 0) is 57.0 Å². The van der Waals surface area contributed by atoms with Crippen LogP contribution in [0, 0.1) is 23.7 Å². The van der Waals surface area contributed by atoms with Crippen LogP contribution in [-0.2, 0) is 20.8 Å². The first-order valence-electron chi connectivity index (χ1n) is 11.4. The quantitative estimate of drug-likeness (QED) is 0.318. The third-order valence-corrected chi connectivity index (χ3v) is 7.20. The van der Waals surface area contributed by atoms with Crippen LogP contribution >= 0.6 is 0 Å². The first kappa shape index (κ1) is 24.5. The Bertz CT molecular complexity index is 1280. The smallest absolute Gasteiger partial charge is 0.255 e. The van der Waals surface area contributed by atoms with Crippen LogP contribution in [0.2, 0.25) is 0 Å². The van der Waals surface area contributed by atoms with Gasteiger partial charge in [-0.2, -0.15) is 0 Å². The van der Waals surface area contributed by atoms with Crippen LogP contribution in [-0.4, -0.2) is 68.5 Å². The molecule has 0 spiro atoms. The lowest BCUT2D eigenvalue weighted by Gasteiger charge is -2.50. The lowest BCUT2D eigenvalue weighted by Crippen LogP contribution is -2.65. The number of Topliss-reactive ketones (excluding diaryl/α,β-unsaturated/α-hetero) is 2. The van der Waals surface area contributed by atoms with Gasteiger partial charge in [-0.25, -0.2) is 0 Å². The molecule has 4 atom stereocenters. The highest BCUT2D eigenvalue weighted by molar-refractivity contribution is 6.24. The molecule has 0 aliphatic heterocycles. The first-order valence-corrected chi connectivity index (χ1v) is 11.4. The van der Waals surface area contributed by atoms with Crippen molar-refractivity contribution in [2.75, 3.05) is 14.1 Å². The molecular weight excluding hydrogens is 452 g/mol. The number of nitrogens with zero attached hydrogens (tertiary/aromatic N) is 1. The van der Waals surface area contributed by atoms with Crippen molar-refractivity contribution < 1.29 is 34.8 Å². The van der Waals surface area contributed by atoms with Crippen molar-refractivity contribution in [1.82, 2.24) is 4.90 Å². The summed E-state index contributed by atoms with van der Waals surface area (Å²) in [5, 5.41) is 44.1. The molecule has 3 aliphatic carbocycles. The molecule has 9 nitrogen and oxygen atoms in total. The van der Waals surface area contributed by atoms with Crippen LogP contribution < -0.4 is 5.73 Å². The third-order valence-electron chi connectivity index (χ3n) is 7.20. The standard InChI is InChI=1S/C26H28N2O7/c1-4-5-6-7-12-8-9-16(29)18-14(12)10-13-11-15-20(28(2)3)22(31)19(25(27)34)24(33)26(15,35)23(32)17(13)21(18)30/h8-9,13,15,20,29-30,33,35H,4-5,10-11H2,1-3H3,(H2,27,34)/t13-,15?,20-,26-/m0/s1. The molecule has 0 bridgehead atoms. The van der Waals surface area contributed by atoms with E-state index >= 15 is 0 Å². The number of benzene rings is 1. The van der Waals surface area contributed by atoms with Gasteiger partial charge >= 0.3 is 0 Å². The maximum absolute atomic E-state index is 13.7. The van der Waals surface area contributed by atoms with E-state index in [0.29, 0.717) is 17.5 Å². The lowest BCUT2D eigenvalue weighted by molar-refractivity contribution is -0.153. The summed E-state index contributed by atoms with van der Waals surface area (Å²) in [6, 6.07) is 1.91. The number of aromatic hydroxyl groups is 1. The predicted molar refractivity (Wildman–Crippen MR) is 126 cm³/mol. The third kappa shape index (κ3) is 3.44. The summed E-state index contributed by atoms with van der Waals surface area (Å²) in [7, 11) is 3.12. The molecule has 1 saturated carbocycles.